The Morgan fingerprint density at radius 1 is 1.00 bits per heavy atom. The average molecular weight is 283 g/mol. The molecule has 0 saturated heterocycles. The molecule has 3 N–H and O–H groups in total. The van der Waals surface area contributed by atoms with Crippen LogP contribution in [0.2, 0.25) is 0 Å². The molecule has 0 fully saturated rings. The summed E-state index contributed by atoms with van der Waals surface area (Å²) < 4.78 is 0. The second-order valence-electron chi connectivity index (χ2n) is 6.11. The Balaban J connectivity index is 1.91. The molecule has 0 aromatic heterocycles. The Bertz CT molecular complexity index is 741. The van der Waals surface area contributed by atoms with E-state index in [9.17, 15) is 15.3 Å². The van der Waals surface area contributed by atoms with Gasteiger partial charge in [0.1, 0.15) is 5.75 Å². The molecule has 108 valence electrons. The topological polar surface area (TPSA) is 63.9 Å². The van der Waals surface area contributed by atoms with Crippen LogP contribution in [0.1, 0.15) is 22.6 Å². The molecular weight excluding hydrogens is 266 g/mol. The SMILES string of the molecule is CN1CC2Cc3cc(O)c(O)cc3[C@@H]2c2ccc(O)cc21. The van der Waals surface area contributed by atoms with Gasteiger partial charge in [-0.05, 0) is 47.2 Å². The van der Waals surface area contributed by atoms with E-state index >= 15 is 0 Å². The lowest BCUT2D eigenvalue weighted by atomic mass is 9.81. The van der Waals surface area contributed by atoms with Gasteiger partial charge in [0.15, 0.2) is 11.5 Å². The number of anilines is 1. The molecule has 1 aliphatic carbocycles. The fraction of sp³-hybridized carbons (Fsp3) is 0.294. The molecule has 1 unspecified atom stereocenters. The molecule has 0 radical (unpaired) electrons. The van der Waals surface area contributed by atoms with E-state index in [-0.39, 0.29) is 23.2 Å². The first-order chi connectivity index (χ1) is 10.0. The molecule has 0 amide bonds. The highest BCUT2D eigenvalue weighted by Crippen LogP contribution is 2.51. The zero-order valence-electron chi connectivity index (χ0n) is 11.7. The predicted molar refractivity (Wildman–Crippen MR) is 80.2 cm³/mol. The van der Waals surface area contributed by atoms with Crippen LogP contribution in [-0.4, -0.2) is 28.9 Å². The van der Waals surface area contributed by atoms with Crippen LogP contribution in [0.25, 0.3) is 0 Å². The van der Waals surface area contributed by atoms with Crippen molar-refractivity contribution in [2.24, 2.45) is 5.92 Å². The van der Waals surface area contributed by atoms with Crippen LogP contribution < -0.4 is 4.90 Å². The lowest BCUT2D eigenvalue weighted by Gasteiger charge is -2.36. The van der Waals surface area contributed by atoms with Gasteiger partial charge in [0.05, 0.1) is 0 Å². The number of phenols is 3. The zero-order valence-corrected chi connectivity index (χ0v) is 11.7. The van der Waals surface area contributed by atoms with E-state index < -0.39 is 0 Å². The van der Waals surface area contributed by atoms with Crippen molar-refractivity contribution >= 4 is 5.69 Å². The minimum Gasteiger partial charge on any atom is -0.508 e. The molecule has 2 aliphatic rings. The summed E-state index contributed by atoms with van der Waals surface area (Å²) in [5.41, 5.74) is 4.41. The van der Waals surface area contributed by atoms with Crippen LogP contribution in [0.4, 0.5) is 5.69 Å². The molecule has 4 heteroatoms. The Morgan fingerprint density at radius 2 is 1.76 bits per heavy atom. The summed E-state index contributed by atoms with van der Waals surface area (Å²) in [5.74, 6) is 0.813. The van der Waals surface area contributed by atoms with E-state index in [1.54, 1.807) is 24.3 Å². The molecule has 2 aromatic carbocycles. The third-order valence-electron chi connectivity index (χ3n) is 4.79. The van der Waals surface area contributed by atoms with Crippen LogP contribution in [0.15, 0.2) is 30.3 Å². The second kappa shape index (κ2) is 4.07. The smallest absolute Gasteiger partial charge is 0.157 e. The van der Waals surface area contributed by atoms with E-state index in [0.717, 1.165) is 29.8 Å². The number of aromatic hydroxyl groups is 3. The molecule has 1 heterocycles. The van der Waals surface area contributed by atoms with Crippen molar-refractivity contribution in [3.05, 3.63) is 47.0 Å². The highest BCUT2D eigenvalue weighted by molar-refractivity contribution is 5.65. The molecule has 2 atom stereocenters. The average Bonchev–Trinajstić information content (AvgIpc) is 2.77. The van der Waals surface area contributed by atoms with E-state index in [2.05, 4.69) is 4.90 Å². The number of rotatable bonds is 0. The Labute approximate surface area is 122 Å². The van der Waals surface area contributed by atoms with Gasteiger partial charge in [0.25, 0.3) is 0 Å². The van der Waals surface area contributed by atoms with Gasteiger partial charge in [-0.1, -0.05) is 6.07 Å². The first-order valence-electron chi connectivity index (χ1n) is 7.13. The number of hydrogen-bond donors (Lipinski definition) is 3. The van der Waals surface area contributed by atoms with Crippen molar-refractivity contribution in [1.82, 2.24) is 0 Å². The summed E-state index contributed by atoms with van der Waals surface area (Å²) in [5, 5.41) is 29.2. The first-order valence-corrected chi connectivity index (χ1v) is 7.13. The fourth-order valence-electron chi connectivity index (χ4n) is 3.92. The van der Waals surface area contributed by atoms with Crippen molar-refractivity contribution < 1.29 is 15.3 Å². The molecule has 1 aliphatic heterocycles. The van der Waals surface area contributed by atoms with E-state index in [4.69, 9.17) is 0 Å². The van der Waals surface area contributed by atoms with E-state index in [0.29, 0.717) is 5.92 Å². The number of phenolic OH excluding ortho intramolecular Hbond substituents is 3. The van der Waals surface area contributed by atoms with Gasteiger partial charge in [0.2, 0.25) is 0 Å². The number of hydrogen-bond acceptors (Lipinski definition) is 4. The first kappa shape index (κ1) is 12.4. The minimum absolute atomic E-state index is 0.0494. The summed E-state index contributed by atoms with van der Waals surface area (Å²) in [6.45, 7) is 0.900. The van der Waals surface area contributed by atoms with Gasteiger partial charge in [-0.2, -0.15) is 0 Å². The van der Waals surface area contributed by atoms with E-state index in [1.807, 2.05) is 13.1 Å². The molecule has 0 saturated carbocycles. The van der Waals surface area contributed by atoms with Crippen LogP contribution in [0, 0.1) is 5.92 Å². The third-order valence-corrected chi connectivity index (χ3v) is 4.79. The van der Waals surface area contributed by atoms with Gasteiger partial charge >= 0.3 is 0 Å². The van der Waals surface area contributed by atoms with Crippen molar-refractivity contribution in [3.8, 4) is 17.2 Å². The molecule has 4 rings (SSSR count). The van der Waals surface area contributed by atoms with Gasteiger partial charge in [0, 0.05) is 31.3 Å². The summed E-state index contributed by atoms with van der Waals surface area (Å²) in [7, 11) is 2.03. The maximum absolute atomic E-state index is 9.82. The Morgan fingerprint density at radius 3 is 2.57 bits per heavy atom. The van der Waals surface area contributed by atoms with Gasteiger partial charge < -0.3 is 20.2 Å². The molecule has 0 bridgehead atoms. The number of fused-ring (bicyclic) bond motifs is 5. The predicted octanol–water partition coefficient (Wildman–Crippen LogP) is 2.56. The van der Waals surface area contributed by atoms with E-state index in [1.165, 1.54) is 5.56 Å². The Hall–Kier alpha value is -2.36. The molecule has 4 nitrogen and oxygen atoms in total. The second-order valence-corrected chi connectivity index (χ2v) is 6.11. The quantitative estimate of drug-likeness (QED) is 0.650. The number of benzene rings is 2. The summed E-state index contributed by atoms with van der Waals surface area (Å²) in [4.78, 5) is 2.17. The van der Waals surface area contributed by atoms with Crippen LogP contribution in [0.5, 0.6) is 17.2 Å². The largest absolute Gasteiger partial charge is 0.508 e. The van der Waals surface area contributed by atoms with Crippen molar-refractivity contribution in [3.63, 3.8) is 0 Å². The van der Waals surface area contributed by atoms with Crippen molar-refractivity contribution in [1.29, 1.82) is 0 Å². The van der Waals surface area contributed by atoms with Gasteiger partial charge in [-0.3, -0.25) is 0 Å². The highest BCUT2D eigenvalue weighted by atomic mass is 16.3. The highest BCUT2D eigenvalue weighted by Gasteiger charge is 2.39. The van der Waals surface area contributed by atoms with Crippen LogP contribution >= 0.6 is 0 Å². The summed E-state index contributed by atoms with van der Waals surface area (Å²) in [6, 6.07) is 8.86. The lowest BCUT2D eigenvalue weighted by Crippen LogP contribution is -2.33. The van der Waals surface area contributed by atoms with Gasteiger partial charge in [-0.25, -0.2) is 0 Å². The lowest BCUT2D eigenvalue weighted by molar-refractivity contribution is 0.403. The monoisotopic (exact) mass is 283 g/mol. The molecule has 2 aromatic rings. The zero-order chi connectivity index (χ0) is 14.7. The minimum atomic E-state index is -0.0614. The molecule has 21 heavy (non-hydrogen) atoms. The number of nitrogens with zero attached hydrogens (tertiary/aromatic N) is 1. The van der Waals surface area contributed by atoms with Crippen LogP contribution in [-0.2, 0) is 6.42 Å². The standard InChI is InChI=1S/C17H17NO3/c1-18-8-10-4-9-5-15(20)16(21)7-13(9)17(10)12-3-2-11(19)6-14(12)18/h2-3,5-7,10,17,19-21H,4,8H2,1H3/t10?,17-/m0/s1. The third kappa shape index (κ3) is 1.68. The maximum atomic E-state index is 9.82. The fourth-order valence-corrected chi connectivity index (χ4v) is 3.92. The van der Waals surface area contributed by atoms with Crippen LogP contribution in [0.3, 0.4) is 0 Å². The normalized spacial score (nSPS) is 22.6. The van der Waals surface area contributed by atoms with Crippen molar-refractivity contribution in [2.45, 2.75) is 12.3 Å². The van der Waals surface area contributed by atoms with Crippen molar-refractivity contribution in [2.75, 3.05) is 18.5 Å². The summed E-state index contributed by atoms with van der Waals surface area (Å²) >= 11 is 0. The molecular formula is C17H17NO3. The summed E-state index contributed by atoms with van der Waals surface area (Å²) in [6.07, 6.45) is 0.901. The molecule has 0 spiro atoms. The Kier molecular flexibility index (Phi) is 2.40. The van der Waals surface area contributed by atoms with Gasteiger partial charge in [-0.15, -0.1) is 0 Å². The maximum Gasteiger partial charge on any atom is 0.157 e.